The highest BCUT2D eigenvalue weighted by Gasteiger charge is 2.03. The van der Waals surface area contributed by atoms with Crippen molar-refractivity contribution in [3.63, 3.8) is 0 Å². The van der Waals surface area contributed by atoms with Gasteiger partial charge in [0.15, 0.2) is 0 Å². The van der Waals surface area contributed by atoms with E-state index in [-0.39, 0.29) is 0 Å². The number of hydrogen-bond acceptors (Lipinski definition) is 4. The third kappa shape index (κ3) is 3.61. The van der Waals surface area contributed by atoms with E-state index in [2.05, 4.69) is 9.97 Å². The minimum Gasteiger partial charge on any atom is -0.439 e. The molecule has 0 saturated heterocycles. The van der Waals surface area contributed by atoms with E-state index in [9.17, 15) is 0 Å². The first-order chi connectivity index (χ1) is 10.7. The molecule has 0 aliphatic heterocycles. The predicted octanol–water partition coefficient (Wildman–Crippen LogP) is 4.68. The predicted molar refractivity (Wildman–Crippen MR) is 84.5 cm³/mol. The number of rotatable bonds is 4. The van der Waals surface area contributed by atoms with Gasteiger partial charge in [0.2, 0.25) is 11.8 Å². The van der Waals surface area contributed by atoms with Gasteiger partial charge in [0.05, 0.1) is 0 Å². The first-order valence-corrected chi connectivity index (χ1v) is 7.00. The molecule has 0 spiro atoms. The number of aryl methyl sites for hydroxylation is 2. The summed E-state index contributed by atoms with van der Waals surface area (Å²) in [4.78, 5) is 8.44. The zero-order chi connectivity index (χ0) is 15.4. The molecule has 0 radical (unpaired) electrons. The van der Waals surface area contributed by atoms with Gasteiger partial charge in [-0.1, -0.05) is 18.2 Å². The number of ether oxygens (including phenoxy) is 2. The van der Waals surface area contributed by atoms with Gasteiger partial charge in [0.25, 0.3) is 0 Å². The van der Waals surface area contributed by atoms with Gasteiger partial charge in [-0.15, -0.1) is 0 Å². The molecule has 0 atom stereocenters. The highest BCUT2D eigenvalue weighted by molar-refractivity contribution is 5.37. The summed E-state index contributed by atoms with van der Waals surface area (Å²) in [5, 5.41) is 0. The number of hydrogen-bond donors (Lipinski definition) is 0. The molecule has 0 saturated carbocycles. The summed E-state index contributed by atoms with van der Waals surface area (Å²) in [5.74, 6) is 2.44. The Labute approximate surface area is 129 Å². The van der Waals surface area contributed by atoms with Gasteiger partial charge >= 0.3 is 0 Å². The molecule has 110 valence electrons. The second-order valence-corrected chi connectivity index (χ2v) is 5.03. The number of nitrogens with zero attached hydrogens (tertiary/aromatic N) is 2. The van der Waals surface area contributed by atoms with Crippen molar-refractivity contribution in [3.05, 3.63) is 72.1 Å². The van der Waals surface area contributed by atoms with E-state index in [0.717, 1.165) is 11.1 Å². The lowest BCUT2D eigenvalue weighted by Gasteiger charge is -2.08. The lowest BCUT2D eigenvalue weighted by atomic mass is 10.3. The number of aromatic nitrogens is 2. The summed E-state index contributed by atoms with van der Waals surface area (Å²) in [6, 6.07) is 15.0. The van der Waals surface area contributed by atoms with E-state index in [0.29, 0.717) is 23.3 Å². The van der Waals surface area contributed by atoms with Crippen molar-refractivity contribution < 1.29 is 9.47 Å². The van der Waals surface area contributed by atoms with Crippen LogP contribution in [-0.4, -0.2) is 9.97 Å². The van der Waals surface area contributed by atoms with Crippen molar-refractivity contribution in [3.8, 4) is 23.3 Å². The second kappa shape index (κ2) is 6.26. The summed E-state index contributed by atoms with van der Waals surface area (Å²) in [6.07, 6.45) is 3.54. The standard InChI is InChI=1S/C18H16N2O2/c1-13-6-8-17(19-11-13)21-15-4-3-5-16(10-15)22-18-9-7-14(2)12-20-18/h3-12H,1-2H3. The Morgan fingerprint density at radius 2 is 1.18 bits per heavy atom. The Balaban J connectivity index is 1.74. The Morgan fingerprint density at radius 1 is 0.682 bits per heavy atom. The van der Waals surface area contributed by atoms with Gasteiger partial charge in [0, 0.05) is 30.6 Å². The highest BCUT2D eigenvalue weighted by Crippen LogP contribution is 2.26. The van der Waals surface area contributed by atoms with E-state index < -0.39 is 0 Å². The normalized spacial score (nSPS) is 10.3. The van der Waals surface area contributed by atoms with Crippen LogP contribution < -0.4 is 9.47 Å². The largest absolute Gasteiger partial charge is 0.439 e. The Hall–Kier alpha value is -2.88. The van der Waals surface area contributed by atoms with Crippen molar-refractivity contribution in [2.24, 2.45) is 0 Å². The molecule has 0 aliphatic carbocycles. The van der Waals surface area contributed by atoms with Gasteiger partial charge in [0.1, 0.15) is 11.5 Å². The molecule has 0 amide bonds. The number of pyridine rings is 2. The van der Waals surface area contributed by atoms with E-state index in [1.807, 2.05) is 62.4 Å². The van der Waals surface area contributed by atoms with Crippen molar-refractivity contribution in [2.45, 2.75) is 13.8 Å². The zero-order valence-corrected chi connectivity index (χ0v) is 12.5. The van der Waals surface area contributed by atoms with Crippen molar-refractivity contribution in [1.82, 2.24) is 9.97 Å². The van der Waals surface area contributed by atoms with Crippen molar-refractivity contribution >= 4 is 0 Å². The minimum atomic E-state index is 0.552. The molecular weight excluding hydrogens is 276 g/mol. The van der Waals surface area contributed by atoms with Crippen molar-refractivity contribution in [1.29, 1.82) is 0 Å². The van der Waals surface area contributed by atoms with E-state index in [4.69, 9.17) is 9.47 Å². The van der Waals surface area contributed by atoms with Crippen LogP contribution in [-0.2, 0) is 0 Å². The van der Waals surface area contributed by atoms with Gasteiger partial charge in [-0.3, -0.25) is 0 Å². The Bertz CT molecular complexity index is 690. The highest BCUT2D eigenvalue weighted by atomic mass is 16.5. The quantitative estimate of drug-likeness (QED) is 0.700. The first kappa shape index (κ1) is 14.1. The molecule has 4 nitrogen and oxygen atoms in total. The topological polar surface area (TPSA) is 44.2 Å². The summed E-state index contributed by atoms with van der Waals surface area (Å²) in [5.41, 5.74) is 2.18. The van der Waals surface area contributed by atoms with Crippen molar-refractivity contribution in [2.75, 3.05) is 0 Å². The lowest BCUT2D eigenvalue weighted by molar-refractivity contribution is 0.441. The van der Waals surface area contributed by atoms with Gasteiger partial charge in [-0.05, 0) is 37.1 Å². The van der Waals surface area contributed by atoms with Gasteiger partial charge < -0.3 is 9.47 Å². The maximum absolute atomic E-state index is 5.72. The molecular formula is C18H16N2O2. The van der Waals surface area contributed by atoms with E-state index in [1.165, 1.54) is 0 Å². The monoisotopic (exact) mass is 292 g/mol. The summed E-state index contributed by atoms with van der Waals surface area (Å²) in [7, 11) is 0. The maximum Gasteiger partial charge on any atom is 0.219 e. The zero-order valence-electron chi connectivity index (χ0n) is 12.5. The third-order valence-electron chi connectivity index (χ3n) is 3.02. The molecule has 3 aromatic rings. The molecule has 0 N–H and O–H groups in total. The minimum absolute atomic E-state index is 0.552. The molecule has 1 aromatic carbocycles. The lowest BCUT2D eigenvalue weighted by Crippen LogP contribution is -1.90. The molecule has 2 aromatic heterocycles. The fraction of sp³-hybridized carbons (Fsp3) is 0.111. The Kier molecular flexibility index (Phi) is 4.01. The van der Waals surface area contributed by atoms with Crippen LogP contribution in [0.5, 0.6) is 23.3 Å². The molecule has 3 rings (SSSR count). The summed E-state index contributed by atoms with van der Waals surface area (Å²) >= 11 is 0. The van der Waals surface area contributed by atoms with E-state index in [1.54, 1.807) is 12.4 Å². The van der Waals surface area contributed by atoms with Crippen LogP contribution in [0.1, 0.15) is 11.1 Å². The SMILES string of the molecule is Cc1ccc(Oc2cccc(Oc3ccc(C)cn3)c2)nc1. The van der Waals surface area contributed by atoms with E-state index >= 15 is 0 Å². The maximum atomic E-state index is 5.72. The second-order valence-electron chi connectivity index (χ2n) is 5.03. The number of benzene rings is 1. The van der Waals surface area contributed by atoms with Crippen LogP contribution in [0, 0.1) is 13.8 Å². The van der Waals surface area contributed by atoms with Gasteiger partial charge in [-0.25, -0.2) is 9.97 Å². The van der Waals surface area contributed by atoms with Gasteiger partial charge in [-0.2, -0.15) is 0 Å². The third-order valence-corrected chi connectivity index (χ3v) is 3.02. The van der Waals surface area contributed by atoms with Crippen LogP contribution in [0.3, 0.4) is 0 Å². The molecule has 0 fully saturated rings. The molecule has 2 heterocycles. The molecule has 4 heteroatoms. The average molecular weight is 292 g/mol. The van der Waals surface area contributed by atoms with Crippen LogP contribution in [0.2, 0.25) is 0 Å². The fourth-order valence-electron chi connectivity index (χ4n) is 1.87. The fourth-order valence-corrected chi connectivity index (χ4v) is 1.87. The molecule has 0 aliphatic rings. The summed E-state index contributed by atoms with van der Waals surface area (Å²) in [6.45, 7) is 3.97. The average Bonchev–Trinajstić information content (AvgIpc) is 2.52. The van der Waals surface area contributed by atoms with Crippen LogP contribution in [0.4, 0.5) is 0 Å². The molecule has 0 bridgehead atoms. The molecule has 0 unspecified atom stereocenters. The first-order valence-electron chi connectivity index (χ1n) is 7.00. The van der Waals surface area contributed by atoms with Crippen LogP contribution in [0.15, 0.2) is 60.9 Å². The van der Waals surface area contributed by atoms with Crippen LogP contribution >= 0.6 is 0 Å². The van der Waals surface area contributed by atoms with Crippen LogP contribution in [0.25, 0.3) is 0 Å². The Morgan fingerprint density at radius 3 is 1.59 bits per heavy atom. The smallest absolute Gasteiger partial charge is 0.219 e. The molecule has 22 heavy (non-hydrogen) atoms. The summed E-state index contributed by atoms with van der Waals surface area (Å²) < 4.78 is 11.4.